The van der Waals surface area contributed by atoms with Crippen LogP contribution >= 0.6 is 0 Å². The Morgan fingerprint density at radius 3 is 2.27 bits per heavy atom. The summed E-state index contributed by atoms with van der Waals surface area (Å²) in [6.07, 6.45) is 4.22. The lowest BCUT2D eigenvalue weighted by Crippen LogP contribution is -2.24. The monoisotopic (exact) mass is 499 g/mol. The van der Waals surface area contributed by atoms with Gasteiger partial charge in [-0.05, 0) is 42.0 Å². The molecule has 0 atom stereocenters. The fraction of sp³-hybridized carbons (Fsp3) is 0.241. The second kappa shape index (κ2) is 11.1. The molecule has 0 aliphatic heterocycles. The van der Waals surface area contributed by atoms with Gasteiger partial charge in [-0.1, -0.05) is 67.9 Å². The molecule has 4 rings (SSSR count). The molecule has 2 heterocycles. The van der Waals surface area contributed by atoms with E-state index >= 15 is 0 Å². The average Bonchev–Trinajstić information content (AvgIpc) is 3.16. The van der Waals surface area contributed by atoms with Crippen molar-refractivity contribution in [3.05, 3.63) is 100.0 Å². The zero-order chi connectivity index (χ0) is 26.5. The zero-order valence-corrected chi connectivity index (χ0v) is 20.9. The Morgan fingerprint density at radius 1 is 1.00 bits per heavy atom. The van der Waals surface area contributed by atoms with Crippen molar-refractivity contribution in [2.45, 2.75) is 39.5 Å². The van der Waals surface area contributed by atoms with E-state index in [-0.39, 0.29) is 17.0 Å². The van der Waals surface area contributed by atoms with Crippen molar-refractivity contribution in [2.24, 2.45) is 5.73 Å². The molecule has 0 bridgehead atoms. The predicted octanol–water partition coefficient (Wildman–Crippen LogP) is 3.91. The van der Waals surface area contributed by atoms with E-state index in [4.69, 9.17) is 10.5 Å². The van der Waals surface area contributed by atoms with E-state index in [1.807, 2.05) is 37.3 Å². The van der Waals surface area contributed by atoms with E-state index in [1.165, 1.54) is 5.56 Å². The number of nitrogens with zero attached hydrogens (tertiary/aromatic N) is 2. The van der Waals surface area contributed by atoms with Crippen LogP contribution in [0, 0.1) is 6.92 Å². The third-order valence-electron chi connectivity index (χ3n) is 6.21. The molecule has 2 aromatic carbocycles. The number of aromatic nitrogens is 2. The van der Waals surface area contributed by atoms with Crippen molar-refractivity contribution in [3.63, 3.8) is 0 Å². The number of carbonyl (C=O) groups is 3. The minimum Gasteiger partial charge on any atom is -0.479 e. The van der Waals surface area contributed by atoms with Crippen LogP contribution in [-0.2, 0) is 28.9 Å². The molecule has 1 amide bonds. The van der Waals surface area contributed by atoms with Gasteiger partial charge in [-0.3, -0.25) is 9.59 Å². The Balaban J connectivity index is 1.93. The summed E-state index contributed by atoms with van der Waals surface area (Å²) in [6.45, 7) is 3.11. The molecule has 8 nitrogen and oxygen atoms in total. The van der Waals surface area contributed by atoms with E-state index in [2.05, 4.69) is 29.2 Å². The number of ether oxygens (including phenoxy) is 1. The number of hydrogen-bond donors (Lipinski definition) is 2. The molecule has 4 aromatic rings. The van der Waals surface area contributed by atoms with Crippen molar-refractivity contribution < 1.29 is 24.2 Å². The molecule has 0 spiro atoms. The van der Waals surface area contributed by atoms with Gasteiger partial charge in [-0.15, -0.1) is 0 Å². The van der Waals surface area contributed by atoms with Gasteiger partial charge in [0, 0.05) is 18.3 Å². The number of aryl methyl sites for hydroxylation is 1. The normalized spacial score (nSPS) is 11.0. The minimum atomic E-state index is -1.18. The Morgan fingerprint density at radius 2 is 1.65 bits per heavy atom. The van der Waals surface area contributed by atoms with E-state index in [0.29, 0.717) is 30.5 Å². The molecule has 0 unspecified atom stereocenters. The lowest BCUT2D eigenvalue weighted by Gasteiger charge is -2.13. The van der Waals surface area contributed by atoms with E-state index in [1.54, 1.807) is 17.5 Å². The fourth-order valence-electron chi connectivity index (χ4n) is 4.68. The fourth-order valence-corrected chi connectivity index (χ4v) is 4.68. The highest BCUT2D eigenvalue weighted by atomic mass is 16.5. The molecule has 0 aliphatic rings. The van der Waals surface area contributed by atoms with Crippen molar-refractivity contribution in [1.82, 2.24) is 9.38 Å². The van der Waals surface area contributed by atoms with Crippen LogP contribution in [0.4, 0.5) is 0 Å². The lowest BCUT2D eigenvalue weighted by atomic mass is 9.94. The Bertz CT molecular complexity index is 1470. The van der Waals surface area contributed by atoms with Gasteiger partial charge in [-0.2, -0.15) is 0 Å². The van der Waals surface area contributed by atoms with E-state index in [0.717, 1.165) is 23.2 Å². The Labute approximate surface area is 214 Å². The molecule has 37 heavy (non-hydrogen) atoms. The number of carboxylic acid groups (broad SMARTS) is 1. The van der Waals surface area contributed by atoms with Gasteiger partial charge >= 0.3 is 5.97 Å². The van der Waals surface area contributed by atoms with Crippen LogP contribution in [0.15, 0.2) is 60.8 Å². The highest BCUT2D eigenvalue weighted by molar-refractivity contribution is 6.44. The highest BCUT2D eigenvalue weighted by Gasteiger charge is 2.29. The molecule has 0 radical (unpaired) electrons. The smallest absolute Gasteiger partial charge is 0.341 e. The third kappa shape index (κ3) is 5.53. The van der Waals surface area contributed by atoms with E-state index in [9.17, 15) is 19.5 Å². The summed E-state index contributed by atoms with van der Waals surface area (Å²) in [4.78, 5) is 40.8. The number of fused-ring (bicyclic) bond motifs is 1. The molecular formula is C29H29N3O5. The first kappa shape index (κ1) is 25.6. The van der Waals surface area contributed by atoms with Crippen molar-refractivity contribution in [3.8, 4) is 5.88 Å². The third-order valence-corrected chi connectivity index (χ3v) is 6.21. The summed E-state index contributed by atoms with van der Waals surface area (Å²) in [5, 5.41) is 9.17. The van der Waals surface area contributed by atoms with Gasteiger partial charge in [0.2, 0.25) is 5.88 Å². The van der Waals surface area contributed by atoms with Crippen LogP contribution in [0.25, 0.3) is 5.52 Å². The average molecular weight is 500 g/mol. The standard InChI is InChI=1S/C29H29N3O5/c1-3-9-22-23(15-21-13-8-7-12-20(21)14-19-10-5-4-6-11-19)32-16-18(2)31-29(37-17-24(33)34)26(32)25(22)27(35)28(30)36/h4-8,10-13,16H,3,9,14-15,17H2,1-2H3,(H2,30,36)(H,33,34). The minimum absolute atomic E-state index is 0.0202. The van der Waals surface area contributed by atoms with Crippen molar-refractivity contribution in [1.29, 1.82) is 0 Å². The maximum absolute atomic E-state index is 13.1. The zero-order valence-electron chi connectivity index (χ0n) is 20.9. The first-order valence-corrected chi connectivity index (χ1v) is 12.1. The molecule has 0 saturated heterocycles. The number of nitrogens with two attached hydrogens (primary N) is 1. The summed E-state index contributed by atoms with van der Waals surface area (Å²) in [6, 6.07) is 18.3. The molecule has 2 aromatic heterocycles. The van der Waals surface area contributed by atoms with Gasteiger partial charge in [-0.25, -0.2) is 9.78 Å². The number of benzene rings is 2. The lowest BCUT2D eigenvalue weighted by molar-refractivity contribution is -0.139. The molecule has 8 heteroatoms. The quantitative estimate of drug-likeness (QED) is 0.238. The number of aliphatic carboxylic acids is 1. The molecule has 190 valence electrons. The number of ketones is 1. The number of rotatable bonds is 11. The summed E-state index contributed by atoms with van der Waals surface area (Å²) in [5.41, 5.74) is 11.3. The number of Topliss-reactive ketones (excluding diaryl/α,β-unsaturated/α-hetero) is 1. The van der Waals surface area contributed by atoms with Gasteiger partial charge < -0.3 is 20.0 Å². The molecule has 0 aliphatic carbocycles. The maximum atomic E-state index is 13.1. The number of carbonyl (C=O) groups excluding carboxylic acids is 2. The summed E-state index contributed by atoms with van der Waals surface area (Å²) in [5.74, 6) is -3.14. The second-order valence-corrected chi connectivity index (χ2v) is 8.94. The predicted molar refractivity (Wildman–Crippen MR) is 139 cm³/mol. The summed E-state index contributed by atoms with van der Waals surface area (Å²) >= 11 is 0. The second-order valence-electron chi connectivity index (χ2n) is 8.94. The van der Waals surface area contributed by atoms with Crippen LogP contribution in [-0.4, -0.2) is 38.8 Å². The molecule has 0 fully saturated rings. The van der Waals surface area contributed by atoms with Crippen molar-refractivity contribution in [2.75, 3.05) is 6.61 Å². The Kier molecular flexibility index (Phi) is 7.67. The molecular weight excluding hydrogens is 470 g/mol. The maximum Gasteiger partial charge on any atom is 0.341 e. The highest BCUT2D eigenvalue weighted by Crippen LogP contribution is 2.34. The van der Waals surface area contributed by atoms with Crippen LogP contribution in [0.3, 0.4) is 0 Å². The number of amides is 1. The topological polar surface area (TPSA) is 124 Å². The van der Waals surface area contributed by atoms with E-state index < -0.39 is 24.3 Å². The van der Waals surface area contributed by atoms with Crippen LogP contribution in [0.5, 0.6) is 5.88 Å². The summed E-state index contributed by atoms with van der Waals surface area (Å²) < 4.78 is 7.30. The number of primary amides is 1. The molecule has 3 N–H and O–H groups in total. The first-order chi connectivity index (χ1) is 17.8. The van der Waals surface area contributed by atoms with Crippen molar-refractivity contribution >= 4 is 23.2 Å². The number of hydrogen-bond acceptors (Lipinski definition) is 5. The Hall–Kier alpha value is -4.46. The SMILES string of the molecule is CCCc1c(C(=O)C(N)=O)c2c(OCC(=O)O)nc(C)cn2c1Cc1ccccc1Cc1ccccc1. The molecule has 0 saturated carbocycles. The first-order valence-electron chi connectivity index (χ1n) is 12.1. The van der Waals surface area contributed by atoms with Crippen LogP contribution in [0.2, 0.25) is 0 Å². The summed E-state index contributed by atoms with van der Waals surface area (Å²) in [7, 11) is 0. The van der Waals surface area contributed by atoms with Gasteiger partial charge in [0.05, 0.1) is 11.3 Å². The van der Waals surface area contributed by atoms with Gasteiger partial charge in [0.1, 0.15) is 5.52 Å². The number of carboxylic acids is 1. The van der Waals surface area contributed by atoms with Crippen LogP contribution in [0.1, 0.15) is 57.3 Å². The van der Waals surface area contributed by atoms with Crippen LogP contribution < -0.4 is 10.5 Å². The van der Waals surface area contributed by atoms with Gasteiger partial charge in [0.25, 0.3) is 11.7 Å². The largest absolute Gasteiger partial charge is 0.479 e. The van der Waals surface area contributed by atoms with Gasteiger partial charge in [0.15, 0.2) is 6.61 Å².